The summed E-state index contributed by atoms with van der Waals surface area (Å²) in [4.78, 5) is 0. The summed E-state index contributed by atoms with van der Waals surface area (Å²) in [6.07, 6.45) is 2.12. The first-order chi connectivity index (χ1) is 4.05. The Labute approximate surface area is 57.1 Å². The summed E-state index contributed by atoms with van der Waals surface area (Å²) in [5.74, 6) is 0.687. The summed E-state index contributed by atoms with van der Waals surface area (Å²) < 4.78 is 0. The van der Waals surface area contributed by atoms with Gasteiger partial charge in [-0.05, 0) is 24.2 Å². The van der Waals surface area contributed by atoms with Gasteiger partial charge in [0.15, 0.2) is 0 Å². The summed E-state index contributed by atoms with van der Waals surface area (Å²) in [7, 11) is 0. The number of rotatable bonds is 0. The maximum Gasteiger partial charge on any atom is 0.0593 e. The van der Waals surface area contributed by atoms with E-state index in [9.17, 15) is 5.11 Å². The molecule has 1 aliphatic rings. The van der Waals surface area contributed by atoms with Crippen LogP contribution in [0.25, 0.3) is 0 Å². The zero-order chi connectivity index (χ0) is 7.07. The van der Waals surface area contributed by atoms with Crippen LogP contribution in [0.1, 0.15) is 33.6 Å². The molecule has 0 aromatic rings. The Morgan fingerprint density at radius 2 is 1.89 bits per heavy atom. The molecule has 1 nitrogen and oxygen atoms in total. The Morgan fingerprint density at radius 1 is 1.33 bits per heavy atom. The molecule has 0 spiro atoms. The van der Waals surface area contributed by atoms with Gasteiger partial charge in [-0.25, -0.2) is 0 Å². The van der Waals surface area contributed by atoms with E-state index >= 15 is 0 Å². The van der Waals surface area contributed by atoms with Crippen LogP contribution in [0.4, 0.5) is 0 Å². The van der Waals surface area contributed by atoms with Crippen molar-refractivity contribution in [1.82, 2.24) is 0 Å². The topological polar surface area (TPSA) is 20.2 Å². The fraction of sp³-hybridized carbons (Fsp3) is 1.00. The number of hydrogen-bond donors (Lipinski definition) is 1. The normalized spacial score (nSPS) is 41.3. The lowest BCUT2D eigenvalue weighted by molar-refractivity contribution is 0.0589. The quantitative estimate of drug-likeness (QED) is 0.527. The molecule has 1 N–H and O–H groups in total. The molecule has 0 aromatic heterocycles. The van der Waals surface area contributed by atoms with E-state index in [4.69, 9.17) is 0 Å². The van der Waals surface area contributed by atoms with Crippen molar-refractivity contribution in [2.45, 2.75) is 39.7 Å². The maximum absolute atomic E-state index is 9.43. The smallest absolute Gasteiger partial charge is 0.0593 e. The van der Waals surface area contributed by atoms with Crippen molar-refractivity contribution in [3.63, 3.8) is 0 Å². The largest absolute Gasteiger partial charge is 0.393 e. The minimum Gasteiger partial charge on any atom is -0.393 e. The van der Waals surface area contributed by atoms with Crippen LogP contribution >= 0.6 is 0 Å². The van der Waals surface area contributed by atoms with Crippen LogP contribution < -0.4 is 0 Å². The summed E-state index contributed by atoms with van der Waals surface area (Å²) in [5.41, 5.74) is 0.167. The molecule has 0 bridgehead atoms. The molecule has 0 radical (unpaired) electrons. The fourth-order valence-electron chi connectivity index (χ4n) is 1.48. The molecule has 2 atom stereocenters. The van der Waals surface area contributed by atoms with Crippen molar-refractivity contribution in [1.29, 1.82) is 0 Å². The van der Waals surface area contributed by atoms with Gasteiger partial charge in [0.1, 0.15) is 0 Å². The maximum atomic E-state index is 9.43. The van der Waals surface area contributed by atoms with Crippen LogP contribution in [-0.2, 0) is 0 Å². The highest BCUT2D eigenvalue weighted by Crippen LogP contribution is 2.42. The van der Waals surface area contributed by atoms with E-state index in [0.717, 1.165) is 6.42 Å². The lowest BCUT2D eigenvalue weighted by Crippen LogP contribution is -2.27. The molecule has 1 saturated carbocycles. The highest BCUT2D eigenvalue weighted by atomic mass is 16.3. The molecule has 9 heavy (non-hydrogen) atoms. The van der Waals surface area contributed by atoms with E-state index < -0.39 is 0 Å². The van der Waals surface area contributed by atoms with Gasteiger partial charge in [-0.1, -0.05) is 20.8 Å². The molecule has 0 aliphatic heterocycles. The lowest BCUT2D eigenvalue weighted by Gasteiger charge is -2.27. The third-order valence-electron chi connectivity index (χ3n) is 3.00. The summed E-state index contributed by atoms with van der Waals surface area (Å²) in [6, 6.07) is 0. The molecule has 54 valence electrons. The van der Waals surface area contributed by atoms with Crippen molar-refractivity contribution in [2.24, 2.45) is 11.3 Å². The molecular weight excluding hydrogens is 112 g/mol. The van der Waals surface area contributed by atoms with Crippen LogP contribution in [0.3, 0.4) is 0 Å². The number of aliphatic hydroxyl groups excluding tert-OH is 1. The summed E-state index contributed by atoms with van der Waals surface area (Å²) in [5, 5.41) is 9.43. The van der Waals surface area contributed by atoms with Crippen molar-refractivity contribution in [3.05, 3.63) is 0 Å². The third-order valence-corrected chi connectivity index (χ3v) is 3.00. The molecule has 1 rings (SSSR count). The van der Waals surface area contributed by atoms with Gasteiger partial charge in [0.2, 0.25) is 0 Å². The standard InChI is InChI=1S/C8H16O/c1-6-4-5-7(9)8(6,2)3/h6-7,9H,4-5H2,1-3H3/t6-,7+/m1/s1. The van der Waals surface area contributed by atoms with Crippen LogP contribution in [0.2, 0.25) is 0 Å². The van der Waals surface area contributed by atoms with Gasteiger partial charge in [0.05, 0.1) is 6.10 Å². The molecule has 0 saturated heterocycles. The zero-order valence-corrected chi connectivity index (χ0v) is 6.52. The first-order valence-corrected chi connectivity index (χ1v) is 3.73. The molecule has 1 fully saturated rings. The van der Waals surface area contributed by atoms with E-state index in [2.05, 4.69) is 20.8 Å². The molecule has 0 unspecified atom stereocenters. The Bertz CT molecular complexity index is 95.1. The van der Waals surface area contributed by atoms with Gasteiger partial charge in [-0.3, -0.25) is 0 Å². The number of aliphatic hydroxyl groups is 1. The van der Waals surface area contributed by atoms with Crippen LogP contribution in [0, 0.1) is 11.3 Å². The van der Waals surface area contributed by atoms with Gasteiger partial charge < -0.3 is 5.11 Å². The average Bonchev–Trinajstić information content (AvgIpc) is 1.96. The van der Waals surface area contributed by atoms with Crippen LogP contribution in [0.5, 0.6) is 0 Å². The first-order valence-electron chi connectivity index (χ1n) is 3.73. The van der Waals surface area contributed by atoms with Crippen LogP contribution in [-0.4, -0.2) is 11.2 Å². The monoisotopic (exact) mass is 128 g/mol. The minimum absolute atomic E-state index is 0.0625. The highest BCUT2D eigenvalue weighted by molar-refractivity contribution is 4.89. The van der Waals surface area contributed by atoms with E-state index in [1.54, 1.807) is 0 Å². The van der Waals surface area contributed by atoms with E-state index in [1.807, 2.05) is 0 Å². The van der Waals surface area contributed by atoms with Gasteiger partial charge >= 0.3 is 0 Å². The summed E-state index contributed by atoms with van der Waals surface area (Å²) in [6.45, 7) is 6.51. The average molecular weight is 128 g/mol. The molecule has 1 heteroatoms. The van der Waals surface area contributed by atoms with Crippen molar-refractivity contribution in [3.8, 4) is 0 Å². The Balaban J connectivity index is 2.66. The molecule has 0 amide bonds. The molecule has 0 aromatic carbocycles. The second-order valence-corrected chi connectivity index (χ2v) is 3.82. The van der Waals surface area contributed by atoms with Gasteiger partial charge in [-0.2, -0.15) is 0 Å². The van der Waals surface area contributed by atoms with Gasteiger partial charge in [-0.15, -0.1) is 0 Å². The highest BCUT2D eigenvalue weighted by Gasteiger charge is 2.38. The van der Waals surface area contributed by atoms with E-state index in [-0.39, 0.29) is 11.5 Å². The summed E-state index contributed by atoms with van der Waals surface area (Å²) >= 11 is 0. The lowest BCUT2D eigenvalue weighted by atomic mass is 9.82. The number of hydrogen-bond acceptors (Lipinski definition) is 1. The molecule has 1 aliphatic carbocycles. The zero-order valence-electron chi connectivity index (χ0n) is 6.52. The van der Waals surface area contributed by atoms with Gasteiger partial charge in [0, 0.05) is 0 Å². The Kier molecular flexibility index (Phi) is 1.55. The predicted octanol–water partition coefficient (Wildman–Crippen LogP) is 1.80. The van der Waals surface area contributed by atoms with Crippen LogP contribution in [0.15, 0.2) is 0 Å². The predicted molar refractivity (Wildman–Crippen MR) is 38.2 cm³/mol. The van der Waals surface area contributed by atoms with E-state index in [1.165, 1.54) is 6.42 Å². The van der Waals surface area contributed by atoms with Crippen molar-refractivity contribution < 1.29 is 5.11 Å². The fourth-order valence-corrected chi connectivity index (χ4v) is 1.48. The first kappa shape index (κ1) is 7.07. The second-order valence-electron chi connectivity index (χ2n) is 3.82. The Hall–Kier alpha value is -0.0400. The van der Waals surface area contributed by atoms with Crippen molar-refractivity contribution in [2.75, 3.05) is 0 Å². The molecule has 0 heterocycles. The molecular formula is C8H16O. The Morgan fingerprint density at radius 3 is 2.00 bits per heavy atom. The minimum atomic E-state index is -0.0625. The van der Waals surface area contributed by atoms with E-state index in [0.29, 0.717) is 5.92 Å². The SMILES string of the molecule is C[C@@H]1CC[C@H](O)C1(C)C. The van der Waals surface area contributed by atoms with Crippen molar-refractivity contribution >= 4 is 0 Å². The second kappa shape index (κ2) is 1.98. The van der Waals surface area contributed by atoms with Gasteiger partial charge in [0.25, 0.3) is 0 Å². The third kappa shape index (κ3) is 0.983.